The third kappa shape index (κ3) is 7.28. The average Bonchev–Trinajstić information content (AvgIpc) is 2.93. The van der Waals surface area contributed by atoms with Gasteiger partial charge in [-0.05, 0) is 60.9 Å². The van der Waals surface area contributed by atoms with Crippen LogP contribution in [0.5, 0.6) is 17.2 Å². The van der Waals surface area contributed by atoms with E-state index >= 15 is 0 Å². The van der Waals surface area contributed by atoms with Gasteiger partial charge in [0.25, 0.3) is 0 Å². The van der Waals surface area contributed by atoms with Gasteiger partial charge in [-0.3, -0.25) is 0 Å². The van der Waals surface area contributed by atoms with Crippen molar-refractivity contribution < 1.29 is 36.6 Å². The summed E-state index contributed by atoms with van der Waals surface area (Å²) < 4.78 is 73.2. The first-order valence-corrected chi connectivity index (χ1v) is 12.3. The molecule has 3 aromatic rings. The lowest BCUT2D eigenvalue weighted by Crippen LogP contribution is -2.09. The maximum atomic E-state index is 14.4. The minimum Gasteiger partial charge on any atom is -0.493 e. The molecule has 38 heavy (non-hydrogen) atoms. The maximum absolute atomic E-state index is 14.4. The Morgan fingerprint density at radius 3 is 2.00 bits per heavy atom. The first-order chi connectivity index (χ1) is 18.2. The van der Waals surface area contributed by atoms with E-state index in [-0.39, 0.29) is 17.7 Å². The fourth-order valence-electron chi connectivity index (χ4n) is 3.12. The number of hydrogen-bond acceptors (Lipinski definition) is 4. The van der Waals surface area contributed by atoms with Gasteiger partial charge >= 0.3 is 5.97 Å². The molecule has 0 heterocycles. The van der Waals surface area contributed by atoms with Crippen molar-refractivity contribution in [2.24, 2.45) is 5.92 Å². The molecule has 3 aromatic carbocycles. The van der Waals surface area contributed by atoms with Crippen molar-refractivity contribution in [1.29, 1.82) is 0 Å². The number of unbranched alkanes of at least 4 members (excludes halogenated alkanes) is 1. The summed E-state index contributed by atoms with van der Waals surface area (Å²) in [6.07, 6.45) is 2.15. The summed E-state index contributed by atoms with van der Waals surface area (Å²) in [6.45, 7) is 6.51. The molecule has 0 fully saturated rings. The van der Waals surface area contributed by atoms with Crippen molar-refractivity contribution in [1.82, 2.24) is 0 Å². The number of halogens is 4. The van der Waals surface area contributed by atoms with Crippen LogP contribution in [0.15, 0.2) is 48.5 Å². The van der Waals surface area contributed by atoms with Crippen LogP contribution in [0.3, 0.4) is 0 Å². The van der Waals surface area contributed by atoms with Gasteiger partial charge in [-0.25, -0.2) is 13.6 Å². The topological polar surface area (TPSA) is 44.8 Å². The third-order valence-corrected chi connectivity index (χ3v) is 5.69. The number of carbonyl (C=O) groups is 1. The second kappa shape index (κ2) is 13.5. The van der Waals surface area contributed by atoms with Gasteiger partial charge < -0.3 is 14.2 Å². The SMILES string of the molecule is CCCCOc1c(F)c(F)c(C#Cc2ccc(C(=O)Oc3ccc(OC[C@@H](C)CC)cc3)cc2)c(F)c1F. The van der Waals surface area contributed by atoms with E-state index in [9.17, 15) is 22.4 Å². The van der Waals surface area contributed by atoms with Gasteiger partial charge in [0, 0.05) is 5.56 Å². The van der Waals surface area contributed by atoms with E-state index in [0.29, 0.717) is 36.9 Å². The van der Waals surface area contributed by atoms with Crippen LogP contribution in [0, 0.1) is 41.0 Å². The third-order valence-electron chi connectivity index (χ3n) is 5.69. The van der Waals surface area contributed by atoms with Crippen LogP contribution in [0.2, 0.25) is 0 Å². The lowest BCUT2D eigenvalue weighted by Gasteiger charge is -2.11. The van der Waals surface area contributed by atoms with Crippen molar-refractivity contribution in [2.45, 2.75) is 40.0 Å². The number of benzene rings is 3. The maximum Gasteiger partial charge on any atom is 0.343 e. The Labute approximate surface area is 219 Å². The number of esters is 1. The zero-order valence-corrected chi connectivity index (χ0v) is 21.4. The van der Waals surface area contributed by atoms with E-state index in [2.05, 4.69) is 25.7 Å². The van der Waals surface area contributed by atoms with E-state index in [1.54, 1.807) is 24.3 Å². The summed E-state index contributed by atoms with van der Waals surface area (Å²) >= 11 is 0. The highest BCUT2D eigenvalue weighted by Crippen LogP contribution is 2.30. The lowest BCUT2D eigenvalue weighted by molar-refractivity contribution is 0.0734. The molecule has 0 spiro atoms. The van der Waals surface area contributed by atoms with Gasteiger partial charge in [0.05, 0.1) is 18.8 Å². The van der Waals surface area contributed by atoms with Crippen LogP contribution in [-0.2, 0) is 0 Å². The summed E-state index contributed by atoms with van der Waals surface area (Å²) in [4.78, 5) is 12.5. The smallest absolute Gasteiger partial charge is 0.343 e. The van der Waals surface area contributed by atoms with Crippen molar-refractivity contribution >= 4 is 5.97 Å². The molecule has 0 aromatic heterocycles. The van der Waals surface area contributed by atoms with Gasteiger partial charge in [-0.15, -0.1) is 0 Å². The molecule has 8 heteroatoms. The van der Waals surface area contributed by atoms with Gasteiger partial charge in [0.1, 0.15) is 17.1 Å². The van der Waals surface area contributed by atoms with Gasteiger partial charge in [-0.1, -0.05) is 45.5 Å². The van der Waals surface area contributed by atoms with Crippen molar-refractivity contribution in [3.8, 4) is 29.1 Å². The molecule has 200 valence electrons. The predicted octanol–water partition coefficient (Wildman–Crippen LogP) is 7.47. The van der Waals surface area contributed by atoms with Gasteiger partial charge in [0.2, 0.25) is 11.6 Å². The zero-order valence-electron chi connectivity index (χ0n) is 21.4. The number of rotatable bonds is 10. The Balaban J connectivity index is 1.68. The Hall–Kier alpha value is -3.99. The van der Waals surface area contributed by atoms with E-state index < -0.39 is 40.6 Å². The summed E-state index contributed by atoms with van der Waals surface area (Å²) in [5.74, 6) is -2.30. The van der Waals surface area contributed by atoms with Crippen LogP contribution < -0.4 is 14.2 Å². The molecule has 3 rings (SSSR count). The highest BCUT2D eigenvalue weighted by molar-refractivity contribution is 5.91. The molecule has 0 radical (unpaired) electrons. The molecule has 0 aliphatic heterocycles. The molecular formula is C30H28F4O4. The molecule has 4 nitrogen and oxygen atoms in total. The van der Waals surface area contributed by atoms with Crippen LogP contribution in [0.1, 0.15) is 61.5 Å². The lowest BCUT2D eigenvalue weighted by atomic mass is 10.1. The van der Waals surface area contributed by atoms with Crippen molar-refractivity contribution in [2.75, 3.05) is 13.2 Å². The Morgan fingerprint density at radius 1 is 0.816 bits per heavy atom. The molecule has 0 N–H and O–H groups in total. The minimum absolute atomic E-state index is 0.0822. The molecule has 0 saturated heterocycles. The van der Waals surface area contributed by atoms with Crippen molar-refractivity contribution in [3.63, 3.8) is 0 Å². The van der Waals surface area contributed by atoms with Gasteiger partial charge in [0.15, 0.2) is 17.4 Å². The Kier molecular flexibility index (Phi) is 10.2. The fourth-order valence-corrected chi connectivity index (χ4v) is 3.12. The molecule has 0 aliphatic rings. The quantitative estimate of drug-likeness (QED) is 0.0684. The molecule has 0 aliphatic carbocycles. The highest BCUT2D eigenvalue weighted by Gasteiger charge is 2.26. The largest absolute Gasteiger partial charge is 0.493 e. The molecule has 0 saturated carbocycles. The standard InChI is InChI=1S/C30H28F4O4/c1-4-6-17-36-29-27(33)25(31)24(26(32)28(29)34)16-9-20-7-10-21(11-8-20)30(35)38-23-14-12-22(13-15-23)37-18-19(3)5-2/h7-8,10-15,19H,4-6,17-18H2,1-3H3/t19-/m0/s1. The second-order valence-corrected chi connectivity index (χ2v) is 8.67. The number of carbonyl (C=O) groups excluding carboxylic acids is 1. The van der Waals surface area contributed by atoms with Crippen LogP contribution in [-0.4, -0.2) is 19.2 Å². The summed E-state index contributed by atoms with van der Waals surface area (Å²) in [6, 6.07) is 12.3. The van der Waals surface area contributed by atoms with E-state index in [0.717, 1.165) is 6.42 Å². The second-order valence-electron chi connectivity index (χ2n) is 8.67. The normalized spacial score (nSPS) is 11.3. The first-order valence-electron chi connectivity index (χ1n) is 12.3. The Bertz CT molecular complexity index is 1280. The van der Waals surface area contributed by atoms with Crippen LogP contribution in [0.4, 0.5) is 17.6 Å². The summed E-state index contributed by atoms with van der Waals surface area (Å²) in [5.41, 5.74) is -0.592. The molecule has 0 bridgehead atoms. The molecule has 1 atom stereocenters. The highest BCUT2D eigenvalue weighted by atomic mass is 19.2. The summed E-state index contributed by atoms with van der Waals surface area (Å²) in [7, 11) is 0. The minimum atomic E-state index is -1.64. The Morgan fingerprint density at radius 2 is 1.42 bits per heavy atom. The van der Waals surface area contributed by atoms with E-state index in [1.807, 2.05) is 6.92 Å². The monoisotopic (exact) mass is 528 g/mol. The molecular weight excluding hydrogens is 500 g/mol. The molecule has 0 amide bonds. The average molecular weight is 529 g/mol. The molecule has 0 unspecified atom stereocenters. The van der Waals surface area contributed by atoms with E-state index in [1.165, 1.54) is 24.3 Å². The van der Waals surface area contributed by atoms with Crippen molar-refractivity contribution in [3.05, 3.63) is 88.5 Å². The number of ether oxygens (including phenoxy) is 3. The summed E-state index contributed by atoms with van der Waals surface area (Å²) in [5, 5.41) is 0. The fraction of sp³-hybridized carbons (Fsp3) is 0.300. The zero-order chi connectivity index (χ0) is 27.7. The first kappa shape index (κ1) is 28.6. The van der Waals surface area contributed by atoms with Crippen LogP contribution in [0.25, 0.3) is 0 Å². The predicted molar refractivity (Wildman–Crippen MR) is 135 cm³/mol. The van der Waals surface area contributed by atoms with Crippen LogP contribution >= 0.6 is 0 Å². The van der Waals surface area contributed by atoms with Gasteiger partial charge in [-0.2, -0.15) is 8.78 Å². The van der Waals surface area contributed by atoms with E-state index in [4.69, 9.17) is 14.2 Å². The number of hydrogen-bond donors (Lipinski definition) is 0.